The van der Waals surface area contributed by atoms with Crippen LogP contribution in [0.1, 0.15) is 68.6 Å². The molecule has 2 fully saturated rings. The van der Waals surface area contributed by atoms with E-state index in [1.54, 1.807) is 16.6 Å². The fourth-order valence-electron chi connectivity index (χ4n) is 4.48. The molecule has 8 nitrogen and oxygen atoms in total. The summed E-state index contributed by atoms with van der Waals surface area (Å²) in [5, 5.41) is 4.45. The Morgan fingerprint density at radius 1 is 1.17 bits per heavy atom. The summed E-state index contributed by atoms with van der Waals surface area (Å²) >= 11 is 0. The largest absolute Gasteiger partial charge is 0.463 e. The van der Waals surface area contributed by atoms with E-state index < -0.39 is 11.5 Å². The summed E-state index contributed by atoms with van der Waals surface area (Å²) in [6.07, 6.45) is 5.40. The molecule has 160 valence electrons. The number of aryl methyl sites for hydroxylation is 2. The number of nitrogens with zero attached hydrogens (tertiary/aromatic N) is 4. The molecular weight excluding hydrogens is 372 g/mol. The van der Waals surface area contributed by atoms with Crippen LogP contribution in [0, 0.1) is 0 Å². The minimum absolute atomic E-state index is 0.0334. The summed E-state index contributed by atoms with van der Waals surface area (Å²) < 4.78 is 6.97. The van der Waals surface area contributed by atoms with Gasteiger partial charge in [0.2, 0.25) is 5.91 Å². The molecule has 2 aliphatic heterocycles. The van der Waals surface area contributed by atoms with E-state index in [0.29, 0.717) is 18.7 Å². The maximum atomic E-state index is 13.4. The highest BCUT2D eigenvalue weighted by Gasteiger charge is 2.47. The Morgan fingerprint density at radius 2 is 1.90 bits per heavy atom. The molecule has 0 N–H and O–H groups in total. The van der Waals surface area contributed by atoms with Crippen LogP contribution in [0.4, 0.5) is 0 Å². The van der Waals surface area contributed by atoms with Crippen molar-refractivity contribution in [3.63, 3.8) is 0 Å². The van der Waals surface area contributed by atoms with Crippen molar-refractivity contribution in [2.75, 3.05) is 26.2 Å². The van der Waals surface area contributed by atoms with Gasteiger partial charge in [0.1, 0.15) is 12.3 Å². The first kappa shape index (κ1) is 21.3. The third-order valence-electron chi connectivity index (χ3n) is 5.98. The molecule has 8 heteroatoms. The van der Waals surface area contributed by atoms with Gasteiger partial charge in [0.25, 0.3) is 5.91 Å². The van der Waals surface area contributed by atoms with Crippen molar-refractivity contribution in [3.8, 4) is 0 Å². The van der Waals surface area contributed by atoms with Gasteiger partial charge in [-0.15, -0.1) is 0 Å². The van der Waals surface area contributed by atoms with Crippen LogP contribution >= 0.6 is 0 Å². The average Bonchev–Trinajstić information content (AvgIpc) is 3.40. The number of amides is 2. The molecule has 29 heavy (non-hydrogen) atoms. The highest BCUT2D eigenvalue weighted by molar-refractivity contribution is 5.94. The molecule has 2 aliphatic rings. The molecule has 2 saturated heterocycles. The molecule has 1 aromatic rings. The molecule has 0 aromatic carbocycles. The minimum atomic E-state index is -0.794. The van der Waals surface area contributed by atoms with Crippen molar-refractivity contribution >= 4 is 17.8 Å². The first-order valence-corrected chi connectivity index (χ1v) is 10.6. The number of esters is 1. The van der Waals surface area contributed by atoms with E-state index in [9.17, 15) is 14.4 Å². The molecule has 1 unspecified atom stereocenters. The smallest absolute Gasteiger partial charge is 0.302 e. The first-order valence-electron chi connectivity index (χ1n) is 10.6. The quantitative estimate of drug-likeness (QED) is 0.648. The molecule has 0 saturated carbocycles. The van der Waals surface area contributed by atoms with Crippen molar-refractivity contribution in [2.24, 2.45) is 7.05 Å². The van der Waals surface area contributed by atoms with Gasteiger partial charge >= 0.3 is 5.97 Å². The molecule has 2 amide bonds. The lowest BCUT2D eigenvalue weighted by Crippen LogP contribution is -2.54. The molecule has 0 spiro atoms. The van der Waals surface area contributed by atoms with Crippen molar-refractivity contribution < 1.29 is 19.1 Å². The Hall–Kier alpha value is -2.38. The molecule has 0 aliphatic carbocycles. The molecule has 1 aromatic heterocycles. The normalized spacial score (nSPS) is 21.6. The summed E-state index contributed by atoms with van der Waals surface area (Å²) in [4.78, 5) is 41.5. The second-order valence-electron chi connectivity index (χ2n) is 8.22. The minimum Gasteiger partial charge on any atom is -0.463 e. The Bertz CT molecular complexity index is 769. The zero-order chi connectivity index (χ0) is 21.0. The summed E-state index contributed by atoms with van der Waals surface area (Å²) in [6, 6.07) is 1.84. The van der Waals surface area contributed by atoms with Crippen molar-refractivity contribution in [3.05, 3.63) is 17.5 Å². The number of rotatable bonds is 7. The fourth-order valence-corrected chi connectivity index (χ4v) is 4.48. The van der Waals surface area contributed by atoms with E-state index in [-0.39, 0.29) is 24.8 Å². The van der Waals surface area contributed by atoms with Crippen molar-refractivity contribution in [1.82, 2.24) is 19.6 Å². The monoisotopic (exact) mass is 404 g/mol. The third-order valence-corrected chi connectivity index (χ3v) is 5.98. The molecule has 1 atom stereocenters. The van der Waals surface area contributed by atoms with Gasteiger partial charge in [-0.1, -0.05) is 13.3 Å². The number of ether oxygens (including phenoxy) is 1. The van der Waals surface area contributed by atoms with Gasteiger partial charge in [-0.05, 0) is 38.2 Å². The van der Waals surface area contributed by atoms with Crippen LogP contribution in [-0.2, 0) is 27.8 Å². The van der Waals surface area contributed by atoms with Crippen LogP contribution in [0.2, 0.25) is 0 Å². The third kappa shape index (κ3) is 4.62. The van der Waals surface area contributed by atoms with Crippen LogP contribution in [0.3, 0.4) is 0 Å². The number of hydrogen-bond acceptors (Lipinski definition) is 5. The molecule has 3 heterocycles. The molecule has 3 rings (SSSR count). The lowest BCUT2D eigenvalue weighted by Gasteiger charge is -2.38. The highest BCUT2D eigenvalue weighted by atomic mass is 16.5. The van der Waals surface area contributed by atoms with Crippen molar-refractivity contribution in [1.29, 1.82) is 0 Å². The van der Waals surface area contributed by atoms with E-state index in [2.05, 4.69) is 12.0 Å². The second-order valence-corrected chi connectivity index (χ2v) is 8.22. The number of carbonyl (C=O) groups is 3. The van der Waals surface area contributed by atoms with Gasteiger partial charge in [0.05, 0.1) is 17.7 Å². The van der Waals surface area contributed by atoms with E-state index in [1.165, 1.54) is 6.92 Å². The van der Waals surface area contributed by atoms with Crippen LogP contribution in [-0.4, -0.2) is 69.1 Å². The zero-order valence-electron chi connectivity index (χ0n) is 17.8. The maximum absolute atomic E-state index is 13.4. The Balaban J connectivity index is 1.86. The number of aromatic nitrogens is 2. The van der Waals surface area contributed by atoms with Gasteiger partial charge in [0, 0.05) is 33.6 Å². The van der Waals surface area contributed by atoms with Gasteiger partial charge < -0.3 is 14.5 Å². The summed E-state index contributed by atoms with van der Waals surface area (Å²) in [7, 11) is 1.77. The predicted molar refractivity (Wildman–Crippen MR) is 107 cm³/mol. The van der Waals surface area contributed by atoms with E-state index >= 15 is 0 Å². The van der Waals surface area contributed by atoms with Gasteiger partial charge in [-0.3, -0.25) is 19.1 Å². The maximum Gasteiger partial charge on any atom is 0.302 e. The van der Waals surface area contributed by atoms with E-state index in [0.717, 1.165) is 50.9 Å². The van der Waals surface area contributed by atoms with Gasteiger partial charge in [-0.25, -0.2) is 0 Å². The number of hydrogen-bond donors (Lipinski definition) is 0. The highest BCUT2D eigenvalue weighted by Crippen LogP contribution is 2.35. The number of likely N-dealkylation sites (tertiary alicyclic amines) is 2. The van der Waals surface area contributed by atoms with E-state index in [1.807, 2.05) is 11.0 Å². The summed E-state index contributed by atoms with van der Waals surface area (Å²) in [5.41, 5.74) is 0.602. The Labute approximate surface area is 172 Å². The predicted octanol–water partition coefficient (Wildman–Crippen LogP) is 1.92. The van der Waals surface area contributed by atoms with Gasteiger partial charge in [0.15, 0.2) is 0 Å². The van der Waals surface area contributed by atoms with Crippen LogP contribution < -0.4 is 0 Å². The van der Waals surface area contributed by atoms with Gasteiger partial charge in [-0.2, -0.15) is 5.10 Å². The van der Waals surface area contributed by atoms with Crippen LogP contribution in [0.5, 0.6) is 0 Å². The molecule has 0 radical (unpaired) electrons. The second kappa shape index (κ2) is 8.97. The lowest BCUT2D eigenvalue weighted by molar-refractivity contribution is -0.147. The first-order chi connectivity index (χ1) is 13.9. The van der Waals surface area contributed by atoms with Crippen molar-refractivity contribution in [2.45, 2.75) is 64.3 Å². The Morgan fingerprint density at radius 3 is 2.55 bits per heavy atom. The zero-order valence-corrected chi connectivity index (χ0v) is 17.8. The Kier molecular flexibility index (Phi) is 6.59. The van der Waals surface area contributed by atoms with Crippen LogP contribution in [0.25, 0.3) is 0 Å². The summed E-state index contributed by atoms with van der Waals surface area (Å²) in [6.45, 7) is 5.55. The molecular formula is C21H32N4O4. The van der Waals surface area contributed by atoms with E-state index in [4.69, 9.17) is 4.74 Å². The molecule has 0 bridgehead atoms. The SMILES string of the molecule is CCCc1cc(C(=O)N2CCCC2(COC(C)=O)CC(=O)N2CCCC2)n(C)n1. The average molecular weight is 405 g/mol. The topological polar surface area (TPSA) is 84.7 Å². The standard InChI is InChI=1S/C21H32N4O4/c1-4-8-17-13-18(23(3)22-17)20(28)25-12-7-9-21(25,15-29-16(2)26)14-19(27)24-10-5-6-11-24/h13H,4-12,14-15H2,1-3H3. The number of carbonyl (C=O) groups excluding carboxylic acids is 3. The summed E-state index contributed by atoms with van der Waals surface area (Å²) in [5.74, 6) is -0.518. The van der Waals surface area contributed by atoms with Crippen LogP contribution in [0.15, 0.2) is 6.07 Å². The fraction of sp³-hybridized carbons (Fsp3) is 0.714. The lowest BCUT2D eigenvalue weighted by atomic mass is 9.91.